The number of anilines is 1. The van der Waals surface area contributed by atoms with Crippen LogP contribution in [0.3, 0.4) is 0 Å². The van der Waals surface area contributed by atoms with Gasteiger partial charge in [0.05, 0.1) is 12.2 Å². The highest BCUT2D eigenvalue weighted by molar-refractivity contribution is 5.94. The van der Waals surface area contributed by atoms with Gasteiger partial charge in [0.25, 0.3) is 0 Å². The maximum atomic E-state index is 13.5. The zero-order valence-electron chi connectivity index (χ0n) is 12.9. The average Bonchev–Trinajstić information content (AvgIpc) is 2.52. The molecule has 1 aromatic rings. The highest BCUT2D eigenvalue weighted by Gasteiger charge is 2.19. The molecule has 0 aliphatic heterocycles. The molecule has 1 aromatic carbocycles. The van der Waals surface area contributed by atoms with Gasteiger partial charge in [0, 0.05) is 13.0 Å². The molecule has 5 nitrogen and oxygen atoms in total. The summed E-state index contributed by atoms with van der Waals surface area (Å²) in [4.78, 5) is 25.2. The van der Waals surface area contributed by atoms with Crippen molar-refractivity contribution in [2.24, 2.45) is 5.73 Å². The quantitative estimate of drug-likeness (QED) is 0.716. The molecule has 0 atom stereocenters. The predicted molar refractivity (Wildman–Crippen MR) is 80.1 cm³/mol. The zero-order chi connectivity index (χ0) is 17.4. The van der Waals surface area contributed by atoms with E-state index in [0.29, 0.717) is 32.0 Å². The maximum absolute atomic E-state index is 13.5. The largest absolute Gasteiger partial charge is 0.333 e. The van der Waals surface area contributed by atoms with E-state index in [1.54, 1.807) is 0 Å². The molecule has 0 heterocycles. The third kappa shape index (κ3) is 5.55. The number of rotatable bonds is 8. The molecule has 0 saturated heterocycles. The zero-order valence-corrected chi connectivity index (χ0v) is 12.9. The van der Waals surface area contributed by atoms with Crippen molar-refractivity contribution in [1.82, 2.24) is 4.90 Å². The Morgan fingerprint density at radius 3 is 2.52 bits per heavy atom. The lowest BCUT2D eigenvalue weighted by Crippen LogP contribution is -2.38. The maximum Gasteiger partial charge on any atom is 0.244 e. The van der Waals surface area contributed by atoms with Crippen molar-refractivity contribution in [3.63, 3.8) is 0 Å². The Labute approximate surface area is 132 Å². The molecular formula is C15H20F3N3O2. The van der Waals surface area contributed by atoms with Crippen molar-refractivity contribution < 1.29 is 22.8 Å². The fourth-order valence-corrected chi connectivity index (χ4v) is 1.96. The average molecular weight is 331 g/mol. The Bertz CT molecular complexity index is 567. The van der Waals surface area contributed by atoms with Crippen LogP contribution in [0.1, 0.15) is 26.2 Å². The molecule has 0 aliphatic rings. The lowest BCUT2D eigenvalue weighted by atomic mass is 10.2. The minimum atomic E-state index is -1.66. The van der Waals surface area contributed by atoms with E-state index < -0.39 is 29.0 Å². The Balaban J connectivity index is 2.72. The van der Waals surface area contributed by atoms with Crippen LogP contribution in [0.15, 0.2) is 12.1 Å². The molecule has 0 aromatic heterocycles. The molecule has 0 saturated carbocycles. The van der Waals surface area contributed by atoms with Gasteiger partial charge in [-0.05, 0) is 31.5 Å². The summed E-state index contributed by atoms with van der Waals surface area (Å²) in [6.45, 7) is 2.26. The first-order valence-electron chi connectivity index (χ1n) is 7.31. The number of hydrogen-bond donors (Lipinski definition) is 2. The van der Waals surface area contributed by atoms with Crippen molar-refractivity contribution >= 4 is 17.5 Å². The summed E-state index contributed by atoms with van der Waals surface area (Å²) in [6, 6.07) is 1.64. The normalized spacial score (nSPS) is 10.5. The van der Waals surface area contributed by atoms with Gasteiger partial charge in [-0.1, -0.05) is 6.92 Å². The van der Waals surface area contributed by atoms with Gasteiger partial charge >= 0.3 is 0 Å². The van der Waals surface area contributed by atoms with E-state index in [4.69, 9.17) is 5.73 Å². The molecule has 128 valence electrons. The number of amides is 2. The fraction of sp³-hybridized carbons (Fsp3) is 0.467. The topological polar surface area (TPSA) is 75.4 Å². The number of nitrogens with two attached hydrogens (primary N) is 1. The molecular weight excluding hydrogens is 311 g/mol. The van der Waals surface area contributed by atoms with Crippen LogP contribution in [-0.4, -0.2) is 36.3 Å². The highest BCUT2D eigenvalue weighted by atomic mass is 19.2. The fourth-order valence-electron chi connectivity index (χ4n) is 1.96. The van der Waals surface area contributed by atoms with Crippen molar-refractivity contribution in [3.05, 3.63) is 29.6 Å². The van der Waals surface area contributed by atoms with E-state index in [2.05, 4.69) is 5.32 Å². The van der Waals surface area contributed by atoms with Crippen LogP contribution in [0.25, 0.3) is 0 Å². The standard InChI is InChI=1S/C15H20F3N3O2/c1-2-8-21(13(23)4-3-7-19)9-12(22)20-11-6-5-10(16)14(17)15(11)18/h5-6H,2-4,7-9,19H2,1H3,(H,20,22). The molecule has 0 unspecified atom stereocenters. The van der Waals surface area contributed by atoms with Crippen LogP contribution < -0.4 is 11.1 Å². The lowest BCUT2D eigenvalue weighted by molar-refractivity contribution is -0.134. The van der Waals surface area contributed by atoms with E-state index in [-0.39, 0.29) is 18.9 Å². The summed E-state index contributed by atoms with van der Waals surface area (Å²) in [6.07, 6.45) is 1.35. The number of nitrogens with zero attached hydrogens (tertiary/aromatic N) is 1. The molecule has 0 fully saturated rings. The van der Waals surface area contributed by atoms with Gasteiger partial charge in [-0.2, -0.15) is 0 Å². The summed E-state index contributed by atoms with van der Waals surface area (Å²) in [5.74, 6) is -5.41. The molecule has 23 heavy (non-hydrogen) atoms. The Hall–Kier alpha value is -2.09. The van der Waals surface area contributed by atoms with Crippen molar-refractivity contribution in [2.75, 3.05) is 25.0 Å². The van der Waals surface area contributed by atoms with Crippen LogP contribution in [0.4, 0.5) is 18.9 Å². The van der Waals surface area contributed by atoms with Crippen molar-refractivity contribution in [2.45, 2.75) is 26.2 Å². The van der Waals surface area contributed by atoms with Crippen molar-refractivity contribution in [1.29, 1.82) is 0 Å². The number of nitrogens with one attached hydrogen (secondary N) is 1. The van der Waals surface area contributed by atoms with E-state index in [1.165, 1.54) is 4.90 Å². The van der Waals surface area contributed by atoms with Gasteiger partial charge in [-0.3, -0.25) is 9.59 Å². The third-order valence-corrected chi connectivity index (χ3v) is 3.08. The monoisotopic (exact) mass is 331 g/mol. The first-order valence-corrected chi connectivity index (χ1v) is 7.31. The van der Waals surface area contributed by atoms with Crippen LogP contribution >= 0.6 is 0 Å². The van der Waals surface area contributed by atoms with Crippen LogP contribution in [0.2, 0.25) is 0 Å². The first kappa shape index (κ1) is 19.0. The van der Waals surface area contributed by atoms with Crippen LogP contribution in [0, 0.1) is 17.5 Å². The van der Waals surface area contributed by atoms with Gasteiger partial charge in [0.2, 0.25) is 11.8 Å². The minimum absolute atomic E-state index is 0.212. The van der Waals surface area contributed by atoms with E-state index in [9.17, 15) is 22.8 Å². The van der Waals surface area contributed by atoms with E-state index in [1.807, 2.05) is 6.92 Å². The number of benzene rings is 1. The van der Waals surface area contributed by atoms with Crippen LogP contribution in [-0.2, 0) is 9.59 Å². The van der Waals surface area contributed by atoms with Gasteiger partial charge < -0.3 is 16.0 Å². The van der Waals surface area contributed by atoms with Gasteiger partial charge in [-0.15, -0.1) is 0 Å². The highest BCUT2D eigenvalue weighted by Crippen LogP contribution is 2.19. The molecule has 2 amide bonds. The number of hydrogen-bond acceptors (Lipinski definition) is 3. The van der Waals surface area contributed by atoms with E-state index >= 15 is 0 Å². The smallest absolute Gasteiger partial charge is 0.244 e. The molecule has 0 bridgehead atoms. The number of carbonyl (C=O) groups excluding carboxylic acids is 2. The number of halogens is 3. The van der Waals surface area contributed by atoms with Crippen LogP contribution in [0.5, 0.6) is 0 Å². The Morgan fingerprint density at radius 2 is 1.91 bits per heavy atom. The molecule has 0 aliphatic carbocycles. The lowest BCUT2D eigenvalue weighted by Gasteiger charge is -2.21. The second-order valence-corrected chi connectivity index (χ2v) is 4.98. The minimum Gasteiger partial charge on any atom is -0.333 e. The predicted octanol–water partition coefficient (Wildman–Crippen LogP) is 2.02. The first-order chi connectivity index (χ1) is 10.9. The summed E-state index contributed by atoms with van der Waals surface area (Å²) in [5, 5.41) is 2.14. The Kier molecular flexibility index (Phi) is 7.53. The molecule has 8 heteroatoms. The second kappa shape index (κ2) is 9.14. The molecule has 3 N–H and O–H groups in total. The second-order valence-electron chi connectivity index (χ2n) is 4.98. The SMILES string of the molecule is CCCN(CC(=O)Nc1ccc(F)c(F)c1F)C(=O)CCCN. The van der Waals surface area contributed by atoms with Gasteiger partial charge in [0.15, 0.2) is 17.5 Å². The number of carbonyl (C=O) groups is 2. The Morgan fingerprint density at radius 1 is 1.22 bits per heavy atom. The summed E-state index contributed by atoms with van der Waals surface area (Å²) in [5.41, 5.74) is 4.87. The van der Waals surface area contributed by atoms with E-state index in [0.717, 1.165) is 6.07 Å². The summed E-state index contributed by atoms with van der Waals surface area (Å²) in [7, 11) is 0. The molecule has 1 rings (SSSR count). The van der Waals surface area contributed by atoms with Crippen molar-refractivity contribution in [3.8, 4) is 0 Å². The summed E-state index contributed by atoms with van der Waals surface area (Å²) < 4.78 is 39.5. The van der Waals surface area contributed by atoms with Gasteiger partial charge in [0.1, 0.15) is 0 Å². The summed E-state index contributed by atoms with van der Waals surface area (Å²) >= 11 is 0. The molecule has 0 spiro atoms. The van der Waals surface area contributed by atoms with Gasteiger partial charge in [-0.25, -0.2) is 13.2 Å². The molecule has 0 radical (unpaired) electrons. The third-order valence-electron chi connectivity index (χ3n) is 3.08.